The molecule has 0 saturated carbocycles. The van der Waals surface area contributed by atoms with Gasteiger partial charge in [-0.1, -0.05) is 6.07 Å². The van der Waals surface area contributed by atoms with Gasteiger partial charge in [-0.25, -0.2) is 0 Å². The van der Waals surface area contributed by atoms with E-state index in [-0.39, 0.29) is 5.92 Å². The summed E-state index contributed by atoms with van der Waals surface area (Å²) < 4.78 is 10.4. The fraction of sp³-hybridized carbons (Fsp3) is 0.385. The monoisotopic (exact) mass is 219 g/mol. The van der Waals surface area contributed by atoms with Crippen LogP contribution in [0.4, 0.5) is 0 Å². The third kappa shape index (κ3) is 2.68. The molecule has 3 heteroatoms. The minimum Gasteiger partial charge on any atom is -0.493 e. The normalized spacial score (nSPS) is 11.6. The molecule has 0 aliphatic heterocycles. The fourth-order valence-electron chi connectivity index (χ4n) is 1.59. The first kappa shape index (κ1) is 12.4. The zero-order valence-corrected chi connectivity index (χ0v) is 9.69. The van der Waals surface area contributed by atoms with Crippen LogP contribution in [0.3, 0.4) is 0 Å². The van der Waals surface area contributed by atoms with E-state index in [4.69, 9.17) is 21.6 Å². The van der Waals surface area contributed by atoms with Crippen LogP contribution in [-0.4, -0.2) is 20.8 Å². The minimum atomic E-state index is 0.171. The van der Waals surface area contributed by atoms with Crippen LogP contribution >= 0.6 is 0 Å². The Morgan fingerprint density at radius 2 is 2.00 bits per heavy atom. The van der Waals surface area contributed by atoms with Crippen molar-refractivity contribution in [1.82, 2.24) is 0 Å². The van der Waals surface area contributed by atoms with Crippen molar-refractivity contribution >= 4 is 0 Å². The van der Waals surface area contributed by atoms with Gasteiger partial charge in [0.25, 0.3) is 0 Å². The van der Waals surface area contributed by atoms with Gasteiger partial charge in [-0.15, -0.1) is 12.3 Å². The van der Waals surface area contributed by atoms with Crippen LogP contribution in [0, 0.1) is 12.3 Å². The fourth-order valence-corrected chi connectivity index (χ4v) is 1.59. The predicted octanol–water partition coefficient (Wildman–Crippen LogP) is 1.77. The van der Waals surface area contributed by atoms with Gasteiger partial charge in [-0.2, -0.15) is 0 Å². The summed E-state index contributed by atoms with van der Waals surface area (Å²) in [7, 11) is 3.22. The Kier molecular flexibility index (Phi) is 4.68. The number of benzene rings is 1. The van der Waals surface area contributed by atoms with Gasteiger partial charge in [-0.3, -0.25) is 0 Å². The predicted molar refractivity (Wildman–Crippen MR) is 64.8 cm³/mol. The van der Waals surface area contributed by atoms with Crippen LogP contribution in [0.15, 0.2) is 18.2 Å². The van der Waals surface area contributed by atoms with E-state index in [2.05, 4.69) is 5.92 Å². The smallest absolute Gasteiger partial charge is 0.160 e. The van der Waals surface area contributed by atoms with Gasteiger partial charge in [0.05, 0.1) is 14.2 Å². The Balaban J connectivity index is 3.02. The molecule has 0 radical (unpaired) electrons. The molecule has 0 aliphatic rings. The summed E-state index contributed by atoms with van der Waals surface area (Å²) in [6.45, 7) is 0.527. The van der Waals surface area contributed by atoms with E-state index in [9.17, 15) is 0 Å². The largest absolute Gasteiger partial charge is 0.493 e. The second-order valence-corrected chi connectivity index (χ2v) is 3.46. The number of terminal acetylenes is 1. The molecule has 1 aromatic carbocycles. The van der Waals surface area contributed by atoms with Crippen LogP contribution in [-0.2, 0) is 0 Å². The molecule has 1 unspecified atom stereocenters. The molecule has 0 amide bonds. The highest BCUT2D eigenvalue weighted by Gasteiger charge is 2.11. The van der Waals surface area contributed by atoms with Crippen molar-refractivity contribution in [2.75, 3.05) is 20.8 Å². The maximum absolute atomic E-state index is 5.69. The van der Waals surface area contributed by atoms with Gasteiger partial charge in [0.1, 0.15) is 0 Å². The van der Waals surface area contributed by atoms with E-state index in [1.54, 1.807) is 14.2 Å². The molecule has 1 aromatic rings. The summed E-state index contributed by atoms with van der Waals surface area (Å²) in [5.41, 5.74) is 6.77. The molecular weight excluding hydrogens is 202 g/mol. The highest BCUT2D eigenvalue weighted by atomic mass is 16.5. The molecule has 0 spiro atoms. The number of nitrogens with two attached hydrogens (primary N) is 1. The summed E-state index contributed by atoms with van der Waals surface area (Å²) >= 11 is 0. The zero-order chi connectivity index (χ0) is 12.0. The average Bonchev–Trinajstić information content (AvgIpc) is 2.35. The molecule has 86 valence electrons. The summed E-state index contributed by atoms with van der Waals surface area (Å²) in [4.78, 5) is 0. The third-order valence-electron chi connectivity index (χ3n) is 2.53. The SMILES string of the molecule is C#CCC(CN)c1ccc(OC)c(OC)c1. The average molecular weight is 219 g/mol. The molecule has 0 bridgehead atoms. The molecule has 16 heavy (non-hydrogen) atoms. The second-order valence-electron chi connectivity index (χ2n) is 3.46. The standard InChI is InChI=1S/C13H17NO2/c1-4-5-11(9-14)10-6-7-12(15-2)13(8-10)16-3/h1,6-8,11H,5,9,14H2,2-3H3. The van der Waals surface area contributed by atoms with Crippen LogP contribution in [0.5, 0.6) is 11.5 Å². The second kappa shape index (κ2) is 6.04. The molecule has 0 heterocycles. The topological polar surface area (TPSA) is 44.5 Å². The van der Waals surface area contributed by atoms with E-state index in [0.29, 0.717) is 24.5 Å². The Morgan fingerprint density at radius 1 is 1.31 bits per heavy atom. The molecule has 1 rings (SSSR count). The molecule has 0 fully saturated rings. The maximum atomic E-state index is 5.69. The lowest BCUT2D eigenvalue weighted by Gasteiger charge is -2.15. The van der Waals surface area contributed by atoms with Gasteiger partial charge in [0.15, 0.2) is 11.5 Å². The van der Waals surface area contributed by atoms with Crippen molar-refractivity contribution < 1.29 is 9.47 Å². The molecule has 0 saturated heterocycles. The number of ether oxygens (including phenoxy) is 2. The summed E-state index contributed by atoms with van der Waals surface area (Å²) in [6.07, 6.45) is 5.94. The van der Waals surface area contributed by atoms with Crippen LogP contribution in [0.2, 0.25) is 0 Å². The summed E-state index contributed by atoms with van der Waals surface area (Å²) in [5, 5.41) is 0. The minimum absolute atomic E-state index is 0.171. The molecule has 2 N–H and O–H groups in total. The number of rotatable bonds is 5. The van der Waals surface area contributed by atoms with Crippen molar-refractivity contribution in [1.29, 1.82) is 0 Å². The summed E-state index contributed by atoms with van der Waals surface area (Å²) in [5.74, 6) is 4.22. The van der Waals surface area contributed by atoms with Gasteiger partial charge >= 0.3 is 0 Å². The highest BCUT2D eigenvalue weighted by molar-refractivity contribution is 5.44. The first-order valence-electron chi connectivity index (χ1n) is 5.12. The lowest BCUT2D eigenvalue weighted by Crippen LogP contribution is -2.12. The first-order chi connectivity index (χ1) is 7.76. The Labute approximate surface area is 96.6 Å². The van der Waals surface area contributed by atoms with Gasteiger partial charge in [0, 0.05) is 18.9 Å². The Bertz CT molecular complexity index is 382. The first-order valence-corrected chi connectivity index (χ1v) is 5.12. The zero-order valence-electron chi connectivity index (χ0n) is 9.69. The van der Waals surface area contributed by atoms with E-state index >= 15 is 0 Å². The lowest BCUT2D eigenvalue weighted by molar-refractivity contribution is 0.354. The van der Waals surface area contributed by atoms with Crippen LogP contribution < -0.4 is 15.2 Å². The van der Waals surface area contributed by atoms with Crippen LogP contribution in [0.1, 0.15) is 17.9 Å². The van der Waals surface area contributed by atoms with Crippen molar-refractivity contribution in [3.8, 4) is 23.8 Å². The van der Waals surface area contributed by atoms with Gasteiger partial charge < -0.3 is 15.2 Å². The third-order valence-corrected chi connectivity index (χ3v) is 2.53. The van der Waals surface area contributed by atoms with E-state index in [0.717, 1.165) is 5.56 Å². The number of hydrogen-bond donors (Lipinski definition) is 1. The summed E-state index contributed by atoms with van der Waals surface area (Å²) in [6, 6.07) is 5.76. The Hall–Kier alpha value is -1.66. The lowest BCUT2D eigenvalue weighted by atomic mass is 9.96. The quantitative estimate of drug-likeness (QED) is 0.768. The highest BCUT2D eigenvalue weighted by Crippen LogP contribution is 2.31. The van der Waals surface area contributed by atoms with Crippen molar-refractivity contribution in [2.24, 2.45) is 5.73 Å². The Morgan fingerprint density at radius 3 is 2.50 bits per heavy atom. The van der Waals surface area contributed by atoms with Gasteiger partial charge in [-0.05, 0) is 17.7 Å². The molecule has 3 nitrogen and oxygen atoms in total. The van der Waals surface area contributed by atoms with Crippen molar-refractivity contribution in [3.05, 3.63) is 23.8 Å². The van der Waals surface area contributed by atoms with E-state index in [1.807, 2.05) is 18.2 Å². The van der Waals surface area contributed by atoms with Crippen LogP contribution in [0.25, 0.3) is 0 Å². The number of hydrogen-bond acceptors (Lipinski definition) is 3. The van der Waals surface area contributed by atoms with Gasteiger partial charge in [0.2, 0.25) is 0 Å². The maximum Gasteiger partial charge on any atom is 0.160 e. The molecule has 0 aromatic heterocycles. The molecule has 0 aliphatic carbocycles. The van der Waals surface area contributed by atoms with E-state index < -0.39 is 0 Å². The van der Waals surface area contributed by atoms with Crippen molar-refractivity contribution in [2.45, 2.75) is 12.3 Å². The van der Waals surface area contributed by atoms with Crippen molar-refractivity contribution in [3.63, 3.8) is 0 Å². The molecular formula is C13H17NO2. The molecule has 1 atom stereocenters. The number of methoxy groups -OCH3 is 2. The van der Waals surface area contributed by atoms with E-state index in [1.165, 1.54) is 0 Å².